The number of fused-ring (bicyclic) bond motifs is 1. The second-order valence-corrected chi connectivity index (χ2v) is 10.7. The second-order valence-electron chi connectivity index (χ2n) is 10.7. The minimum absolute atomic E-state index is 0.141. The molecule has 0 saturated heterocycles. The monoisotopic (exact) mass is 600 g/mol. The van der Waals surface area contributed by atoms with E-state index in [1.807, 2.05) is 68.4 Å². The molecule has 1 aliphatic heterocycles. The smallest absolute Gasteiger partial charge is 0.255 e. The summed E-state index contributed by atoms with van der Waals surface area (Å²) in [6.45, 7) is 5.09. The molecule has 4 amide bonds. The first kappa shape index (κ1) is 32.1. The molecular formula is C34H40N4O6. The largest absolute Gasteiger partial charge is 0.492 e. The predicted octanol–water partition coefficient (Wildman–Crippen LogP) is 2.99. The Morgan fingerprint density at radius 2 is 1.68 bits per heavy atom. The van der Waals surface area contributed by atoms with Crippen LogP contribution in [0.1, 0.15) is 34.8 Å². The van der Waals surface area contributed by atoms with Crippen molar-refractivity contribution in [2.75, 3.05) is 39.9 Å². The van der Waals surface area contributed by atoms with E-state index in [-0.39, 0.29) is 50.6 Å². The van der Waals surface area contributed by atoms with Gasteiger partial charge in [0, 0.05) is 20.0 Å². The Kier molecular flexibility index (Phi) is 11.3. The normalized spacial score (nSPS) is 17.8. The zero-order valence-corrected chi connectivity index (χ0v) is 25.5. The number of likely N-dealkylation sites (N-methyl/N-ethyl adjacent to an activating group) is 2. The predicted molar refractivity (Wildman–Crippen MR) is 166 cm³/mol. The average Bonchev–Trinajstić information content (AvgIpc) is 3.03. The number of ether oxygens (including phenoxy) is 2. The van der Waals surface area contributed by atoms with Crippen LogP contribution in [0.3, 0.4) is 0 Å². The number of hydrogen-bond donors (Lipinski definition) is 2. The summed E-state index contributed by atoms with van der Waals surface area (Å²) in [6, 6.07) is 21.6. The first-order valence-corrected chi connectivity index (χ1v) is 14.8. The molecule has 3 aromatic carbocycles. The zero-order valence-electron chi connectivity index (χ0n) is 25.5. The van der Waals surface area contributed by atoms with Gasteiger partial charge < -0.3 is 29.9 Å². The lowest BCUT2D eigenvalue weighted by Crippen LogP contribution is -2.54. The van der Waals surface area contributed by atoms with E-state index in [9.17, 15) is 19.2 Å². The summed E-state index contributed by atoms with van der Waals surface area (Å²) in [5.41, 5.74) is 2.21. The number of hydrogen-bond acceptors (Lipinski definition) is 6. The Bertz CT molecular complexity index is 1430. The Balaban J connectivity index is 1.56. The third kappa shape index (κ3) is 8.82. The van der Waals surface area contributed by atoms with Gasteiger partial charge in [-0.3, -0.25) is 19.2 Å². The van der Waals surface area contributed by atoms with Crippen LogP contribution in [0.4, 0.5) is 0 Å². The van der Waals surface area contributed by atoms with Gasteiger partial charge >= 0.3 is 0 Å². The molecule has 0 bridgehead atoms. The van der Waals surface area contributed by atoms with Gasteiger partial charge in [-0.25, -0.2) is 0 Å². The fourth-order valence-electron chi connectivity index (χ4n) is 4.93. The molecule has 0 aliphatic carbocycles. The molecule has 44 heavy (non-hydrogen) atoms. The fraction of sp³-hybridized carbons (Fsp3) is 0.353. The summed E-state index contributed by atoms with van der Waals surface area (Å²) in [6.07, 6.45) is -0.0890. The summed E-state index contributed by atoms with van der Waals surface area (Å²) in [7, 11) is 1.59. The van der Waals surface area contributed by atoms with E-state index >= 15 is 0 Å². The van der Waals surface area contributed by atoms with Gasteiger partial charge in [-0.1, -0.05) is 60.2 Å². The van der Waals surface area contributed by atoms with Gasteiger partial charge in [0.25, 0.3) is 5.91 Å². The molecule has 10 nitrogen and oxygen atoms in total. The summed E-state index contributed by atoms with van der Waals surface area (Å²) >= 11 is 0. The molecule has 1 heterocycles. The van der Waals surface area contributed by atoms with Crippen LogP contribution in [0.5, 0.6) is 11.5 Å². The molecule has 0 unspecified atom stereocenters. The van der Waals surface area contributed by atoms with Crippen LogP contribution in [0.2, 0.25) is 0 Å². The third-order valence-corrected chi connectivity index (χ3v) is 7.45. The topological polar surface area (TPSA) is 117 Å². The Morgan fingerprint density at radius 1 is 0.977 bits per heavy atom. The summed E-state index contributed by atoms with van der Waals surface area (Å²) in [5.74, 6) is -0.795. The highest BCUT2D eigenvalue weighted by Gasteiger charge is 2.31. The maximum absolute atomic E-state index is 13.7. The molecule has 0 fully saturated rings. The number of benzene rings is 3. The number of nitrogens with zero attached hydrogens (tertiary/aromatic N) is 2. The molecule has 0 aromatic heterocycles. The number of carbonyl (C=O) groups is 4. The summed E-state index contributed by atoms with van der Waals surface area (Å²) in [4.78, 5) is 57.2. The molecule has 2 atom stereocenters. The van der Waals surface area contributed by atoms with Crippen LogP contribution < -0.4 is 20.1 Å². The van der Waals surface area contributed by atoms with E-state index in [0.717, 1.165) is 11.1 Å². The molecule has 0 saturated carbocycles. The third-order valence-electron chi connectivity index (χ3n) is 7.45. The molecule has 10 heteroatoms. The number of aryl methyl sites for hydroxylation is 1. The minimum Gasteiger partial charge on any atom is -0.492 e. The first-order valence-electron chi connectivity index (χ1n) is 14.8. The van der Waals surface area contributed by atoms with Gasteiger partial charge in [-0.15, -0.1) is 0 Å². The van der Waals surface area contributed by atoms with Crippen molar-refractivity contribution >= 4 is 23.6 Å². The van der Waals surface area contributed by atoms with E-state index in [1.165, 1.54) is 4.90 Å². The maximum Gasteiger partial charge on any atom is 0.255 e. The van der Waals surface area contributed by atoms with Crippen molar-refractivity contribution in [1.29, 1.82) is 0 Å². The summed E-state index contributed by atoms with van der Waals surface area (Å²) in [5, 5.41) is 5.58. The van der Waals surface area contributed by atoms with Crippen molar-refractivity contribution in [3.05, 3.63) is 95.6 Å². The van der Waals surface area contributed by atoms with Gasteiger partial charge in [-0.2, -0.15) is 0 Å². The van der Waals surface area contributed by atoms with E-state index in [4.69, 9.17) is 9.47 Å². The molecule has 232 valence electrons. The van der Waals surface area contributed by atoms with Crippen molar-refractivity contribution in [3.63, 3.8) is 0 Å². The van der Waals surface area contributed by atoms with E-state index < -0.39 is 29.8 Å². The fourth-order valence-corrected chi connectivity index (χ4v) is 4.93. The van der Waals surface area contributed by atoms with Crippen LogP contribution in [-0.4, -0.2) is 85.4 Å². The van der Waals surface area contributed by atoms with Crippen LogP contribution in [0.25, 0.3) is 0 Å². The van der Waals surface area contributed by atoms with E-state index in [0.29, 0.717) is 18.0 Å². The lowest BCUT2D eigenvalue weighted by Gasteiger charge is -2.29. The maximum atomic E-state index is 13.7. The van der Waals surface area contributed by atoms with Gasteiger partial charge in [0.15, 0.2) is 0 Å². The van der Waals surface area contributed by atoms with Crippen LogP contribution in [0, 0.1) is 6.92 Å². The Morgan fingerprint density at radius 3 is 2.41 bits per heavy atom. The molecule has 1 aliphatic rings. The Hall–Kier alpha value is -4.86. The van der Waals surface area contributed by atoms with Crippen molar-refractivity contribution in [3.8, 4) is 11.5 Å². The molecule has 3 aromatic rings. The zero-order chi connectivity index (χ0) is 31.5. The van der Waals surface area contributed by atoms with Gasteiger partial charge in [0.2, 0.25) is 17.7 Å². The first-order chi connectivity index (χ1) is 21.2. The standard InChI is InChI=1S/C34H40N4O6/c1-4-38-19-21-44-30-13-9-8-12-27(30)32(40)36-29(33(41)37(3)18-20-43-26-16-14-24(2)15-17-26)23-31(39)35-28(34(38)42)22-25-10-6-5-7-11-25/h5-17,28-29H,4,18-23H2,1-3H3,(H,35,39)(H,36,40)/t28-,29+/m1/s1. The molecule has 2 N–H and O–H groups in total. The lowest BCUT2D eigenvalue weighted by atomic mass is 10.0. The molecule has 0 spiro atoms. The van der Waals surface area contributed by atoms with Crippen molar-refractivity contribution in [2.45, 2.75) is 38.8 Å². The van der Waals surface area contributed by atoms with Gasteiger partial charge in [0.05, 0.1) is 25.1 Å². The van der Waals surface area contributed by atoms with Crippen molar-refractivity contribution < 1.29 is 28.7 Å². The second kappa shape index (κ2) is 15.6. The minimum atomic E-state index is -1.20. The van der Waals surface area contributed by atoms with E-state index in [1.54, 1.807) is 36.2 Å². The van der Waals surface area contributed by atoms with Crippen LogP contribution >= 0.6 is 0 Å². The van der Waals surface area contributed by atoms with Gasteiger partial charge in [-0.05, 0) is 43.7 Å². The number of rotatable bonds is 8. The molecule has 4 rings (SSSR count). The highest BCUT2D eigenvalue weighted by Crippen LogP contribution is 2.19. The number of nitrogens with one attached hydrogen (secondary N) is 2. The van der Waals surface area contributed by atoms with Crippen molar-refractivity contribution in [2.24, 2.45) is 0 Å². The van der Waals surface area contributed by atoms with Crippen molar-refractivity contribution in [1.82, 2.24) is 20.4 Å². The summed E-state index contributed by atoms with van der Waals surface area (Å²) < 4.78 is 11.7. The van der Waals surface area contributed by atoms with Crippen LogP contribution in [-0.2, 0) is 20.8 Å². The SMILES string of the molecule is CCN1CCOc2ccccc2C(=O)N[C@H](C(=O)N(C)CCOc2ccc(C)cc2)CC(=O)N[C@H](Cc2ccccc2)C1=O. The van der Waals surface area contributed by atoms with E-state index in [2.05, 4.69) is 10.6 Å². The van der Waals surface area contributed by atoms with Crippen LogP contribution in [0.15, 0.2) is 78.9 Å². The number of carbonyl (C=O) groups excluding carboxylic acids is 4. The molecular weight excluding hydrogens is 560 g/mol. The highest BCUT2D eigenvalue weighted by molar-refractivity contribution is 6.01. The number of amides is 4. The average molecular weight is 601 g/mol. The highest BCUT2D eigenvalue weighted by atomic mass is 16.5. The van der Waals surface area contributed by atoms with Gasteiger partial charge in [0.1, 0.15) is 36.8 Å². The lowest BCUT2D eigenvalue weighted by molar-refractivity contribution is -0.138. The Labute approximate surface area is 258 Å². The quantitative estimate of drug-likeness (QED) is 0.411. The molecule has 0 radical (unpaired) electrons. The number of para-hydroxylation sites is 1.